The number of hydrogen-bond donors (Lipinski definition) is 2. The van der Waals surface area contributed by atoms with Crippen LogP contribution in [0.3, 0.4) is 0 Å². The second kappa shape index (κ2) is 13.9. The van der Waals surface area contributed by atoms with Crippen LogP contribution in [0, 0.1) is 18.8 Å². The van der Waals surface area contributed by atoms with Gasteiger partial charge in [0.2, 0.25) is 6.41 Å². The van der Waals surface area contributed by atoms with Crippen molar-refractivity contribution in [3.8, 4) is 0 Å². The highest BCUT2D eigenvalue weighted by molar-refractivity contribution is 5.94. The molecule has 3 N–H and O–H groups in total. The normalized spacial score (nSPS) is 11.5. The molecule has 0 aromatic carbocycles. The Kier molecular flexibility index (Phi) is 12.0. The standard InChI is InChI=1S/C12H14F3N5O.C11H23NO/c1-7-4-5-9-17-10(18-11(21)12(13,14)15)8(3-2-6-16)20(9)19-7;1-10(2)5-7-12(9-13)8-6-11(3)4/h4-5H,2-3,6,16H2,1H3,(H,18,21);9-11H,5-8H2,1-4H3. The van der Waals surface area contributed by atoms with Gasteiger partial charge >= 0.3 is 12.1 Å². The molecule has 2 heterocycles. The number of rotatable bonds is 11. The zero-order chi connectivity index (χ0) is 25.9. The summed E-state index contributed by atoms with van der Waals surface area (Å²) in [4.78, 5) is 27.6. The largest absolute Gasteiger partial charge is 0.471 e. The number of anilines is 1. The Bertz CT molecular complexity index is 900. The third-order valence-electron chi connectivity index (χ3n) is 4.95. The monoisotopic (exact) mass is 486 g/mol. The third-order valence-corrected chi connectivity index (χ3v) is 4.95. The van der Waals surface area contributed by atoms with Gasteiger partial charge in [0.1, 0.15) is 0 Å². The molecule has 11 heteroatoms. The molecule has 0 saturated heterocycles. The molecule has 0 fully saturated rings. The summed E-state index contributed by atoms with van der Waals surface area (Å²) in [7, 11) is 0. The van der Waals surface area contributed by atoms with Crippen LogP contribution in [0.1, 0.15) is 58.3 Å². The van der Waals surface area contributed by atoms with E-state index in [1.54, 1.807) is 24.4 Å². The van der Waals surface area contributed by atoms with E-state index in [0.717, 1.165) is 32.3 Å². The van der Waals surface area contributed by atoms with E-state index < -0.39 is 12.1 Å². The molecule has 8 nitrogen and oxygen atoms in total. The molecule has 0 atom stereocenters. The molecular weight excluding hydrogens is 449 g/mol. The van der Waals surface area contributed by atoms with Crippen LogP contribution in [0.2, 0.25) is 0 Å². The highest BCUT2D eigenvalue weighted by Crippen LogP contribution is 2.22. The van der Waals surface area contributed by atoms with Gasteiger partial charge in [-0.2, -0.15) is 18.3 Å². The van der Waals surface area contributed by atoms with Gasteiger partial charge in [0, 0.05) is 13.1 Å². The van der Waals surface area contributed by atoms with Crippen molar-refractivity contribution in [2.45, 2.75) is 66.5 Å². The van der Waals surface area contributed by atoms with Gasteiger partial charge in [0.25, 0.3) is 0 Å². The Hall–Kier alpha value is -2.69. The van der Waals surface area contributed by atoms with E-state index in [1.807, 2.05) is 4.90 Å². The lowest BCUT2D eigenvalue weighted by Gasteiger charge is -2.19. The molecule has 0 saturated carbocycles. The Labute approximate surface area is 199 Å². The van der Waals surface area contributed by atoms with E-state index in [-0.39, 0.29) is 5.82 Å². The lowest BCUT2D eigenvalue weighted by molar-refractivity contribution is -0.167. The summed E-state index contributed by atoms with van der Waals surface area (Å²) >= 11 is 0. The number of halogens is 3. The van der Waals surface area contributed by atoms with Crippen LogP contribution >= 0.6 is 0 Å². The lowest BCUT2D eigenvalue weighted by atomic mass is 10.1. The molecule has 0 aliphatic carbocycles. The Balaban J connectivity index is 0.000000385. The highest BCUT2D eigenvalue weighted by Gasteiger charge is 2.39. The van der Waals surface area contributed by atoms with Gasteiger partial charge in [-0.15, -0.1) is 0 Å². The van der Waals surface area contributed by atoms with Gasteiger partial charge in [0.15, 0.2) is 11.5 Å². The van der Waals surface area contributed by atoms with Crippen LogP contribution in [0.4, 0.5) is 19.0 Å². The summed E-state index contributed by atoms with van der Waals surface area (Å²) < 4.78 is 38.5. The summed E-state index contributed by atoms with van der Waals surface area (Å²) in [5.74, 6) is -0.830. The van der Waals surface area contributed by atoms with Crippen LogP contribution in [0.25, 0.3) is 5.65 Å². The summed E-state index contributed by atoms with van der Waals surface area (Å²) in [6.45, 7) is 12.7. The minimum atomic E-state index is -4.97. The Morgan fingerprint density at radius 2 is 1.76 bits per heavy atom. The van der Waals surface area contributed by atoms with E-state index in [9.17, 15) is 22.8 Å². The van der Waals surface area contributed by atoms with E-state index in [1.165, 1.54) is 4.52 Å². The molecule has 0 spiro atoms. The van der Waals surface area contributed by atoms with Crippen molar-refractivity contribution in [1.82, 2.24) is 19.5 Å². The fourth-order valence-corrected chi connectivity index (χ4v) is 2.91. The number of amides is 2. The van der Waals surface area contributed by atoms with Crippen LogP contribution in [0.15, 0.2) is 12.1 Å². The van der Waals surface area contributed by atoms with Crippen molar-refractivity contribution in [1.29, 1.82) is 0 Å². The number of imidazole rings is 1. The lowest BCUT2D eigenvalue weighted by Crippen LogP contribution is -2.30. The number of carbonyl (C=O) groups is 2. The molecule has 0 radical (unpaired) electrons. The first-order valence-electron chi connectivity index (χ1n) is 11.5. The number of nitrogens with one attached hydrogen (secondary N) is 1. The van der Waals surface area contributed by atoms with Crippen molar-refractivity contribution in [2.75, 3.05) is 25.0 Å². The Morgan fingerprint density at radius 1 is 1.18 bits per heavy atom. The fourth-order valence-electron chi connectivity index (χ4n) is 2.91. The van der Waals surface area contributed by atoms with Gasteiger partial charge in [-0.25, -0.2) is 9.50 Å². The van der Waals surface area contributed by atoms with Crippen LogP contribution in [-0.2, 0) is 16.0 Å². The van der Waals surface area contributed by atoms with E-state index in [4.69, 9.17) is 5.73 Å². The average molecular weight is 487 g/mol. The maximum Gasteiger partial charge on any atom is 0.471 e. The fraction of sp³-hybridized carbons (Fsp3) is 0.652. The minimum absolute atomic E-state index is 0.135. The number of fused-ring (bicyclic) bond motifs is 1. The number of aryl methyl sites for hydroxylation is 2. The van der Waals surface area contributed by atoms with Gasteiger partial charge in [-0.1, -0.05) is 27.7 Å². The molecule has 34 heavy (non-hydrogen) atoms. The van der Waals surface area contributed by atoms with Gasteiger partial charge < -0.3 is 16.0 Å². The van der Waals surface area contributed by atoms with E-state index in [0.29, 0.717) is 48.3 Å². The molecule has 2 aromatic heterocycles. The third kappa shape index (κ3) is 10.1. The van der Waals surface area contributed by atoms with Crippen LogP contribution in [-0.4, -0.2) is 57.6 Å². The SMILES string of the molecule is CC(C)CCN(C=O)CCC(C)C.Cc1ccc2nc(NC(=O)C(F)(F)F)c(CCCN)n2n1. The first kappa shape index (κ1) is 29.3. The summed E-state index contributed by atoms with van der Waals surface area (Å²) in [6, 6.07) is 3.31. The van der Waals surface area contributed by atoms with E-state index in [2.05, 4.69) is 37.8 Å². The topological polar surface area (TPSA) is 106 Å². The molecule has 2 aromatic rings. The summed E-state index contributed by atoms with van der Waals surface area (Å²) in [5.41, 5.74) is 6.87. The van der Waals surface area contributed by atoms with Crippen molar-refractivity contribution in [3.63, 3.8) is 0 Å². The summed E-state index contributed by atoms with van der Waals surface area (Å²) in [6.07, 6.45) is -0.872. The Morgan fingerprint density at radius 3 is 2.24 bits per heavy atom. The predicted molar refractivity (Wildman–Crippen MR) is 126 cm³/mol. The number of carbonyl (C=O) groups excluding carboxylic acids is 2. The zero-order valence-corrected chi connectivity index (χ0v) is 20.7. The highest BCUT2D eigenvalue weighted by atomic mass is 19.4. The van der Waals surface area contributed by atoms with Gasteiger partial charge in [-0.05, 0) is 63.1 Å². The number of hydrogen-bond acceptors (Lipinski definition) is 5. The van der Waals surface area contributed by atoms with Crippen LogP contribution in [0.5, 0.6) is 0 Å². The molecule has 0 unspecified atom stereocenters. The average Bonchev–Trinajstić information content (AvgIpc) is 3.07. The van der Waals surface area contributed by atoms with Crippen molar-refractivity contribution in [2.24, 2.45) is 17.6 Å². The van der Waals surface area contributed by atoms with Crippen molar-refractivity contribution >= 4 is 23.8 Å². The van der Waals surface area contributed by atoms with Crippen LogP contribution < -0.4 is 11.1 Å². The van der Waals surface area contributed by atoms with Gasteiger partial charge in [0.05, 0.1) is 11.4 Å². The molecule has 0 aliphatic heterocycles. The number of nitrogens with zero attached hydrogens (tertiary/aromatic N) is 4. The summed E-state index contributed by atoms with van der Waals surface area (Å²) in [5, 5.41) is 5.99. The second-order valence-corrected chi connectivity index (χ2v) is 9.00. The maximum absolute atomic E-state index is 12.4. The smallest absolute Gasteiger partial charge is 0.345 e. The minimum Gasteiger partial charge on any atom is -0.345 e. The molecule has 0 aliphatic rings. The maximum atomic E-state index is 12.4. The first-order valence-corrected chi connectivity index (χ1v) is 11.5. The van der Waals surface area contributed by atoms with Gasteiger partial charge in [-0.3, -0.25) is 9.59 Å². The van der Waals surface area contributed by atoms with Crippen molar-refractivity contribution < 1.29 is 22.8 Å². The molecule has 2 rings (SSSR count). The first-order chi connectivity index (χ1) is 15.9. The quantitative estimate of drug-likeness (QED) is 0.468. The number of aromatic nitrogens is 3. The molecular formula is C23H37F3N6O2. The second-order valence-electron chi connectivity index (χ2n) is 9.00. The van der Waals surface area contributed by atoms with Crippen molar-refractivity contribution in [3.05, 3.63) is 23.5 Å². The molecule has 192 valence electrons. The zero-order valence-electron chi connectivity index (χ0n) is 20.7. The molecule has 2 amide bonds. The predicted octanol–water partition coefficient (Wildman–Crippen LogP) is 3.97. The number of alkyl halides is 3. The number of nitrogens with two attached hydrogens (primary N) is 1. The molecule has 0 bridgehead atoms. The van der Waals surface area contributed by atoms with E-state index >= 15 is 0 Å².